The van der Waals surface area contributed by atoms with E-state index < -0.39 is 0 Å². The molecule has 0 saturated carbocycles. The summed E-state index contributed by atoms with van der Waals surface area (Å²) >= 11 is 0. The standard InChI is InChI=1S/C15H17N3O3/c1-20-9-6-7-12(13(8-9)21-2)17-15-16-11-5-3-4-10(11)14(19)18-15/h6-8H,3-5H2,1-2H3,(H2,16,17,18,19). The predicted molar refractivity (Wildman–Crippen MR) is 79.7 cm³/mol. The summed E-state index contributed by atoms with van der Waals surface area (Å²) < 4.78 is 10.5. The number of nitrogens with one attached hydrogen (secondary N) is 2. The van der Waals surface area contributed by atoms with Crippen molar-refractivity contribution < 1.29 is 9.47 Å². The maximum atomic E-state index is 12.0. The molecule has 0 radical (unpaired) electrons. The number of rotatable bonds is 4. The average Bonchev–Trinajstić information content (AvgIpc) is 2.96. The second-order valence-electron chi connectivity index (χ2n) is 4.88. The monoisotopic (exact) mass is 287 g/mol. The minimum atomic E-state index is -0.0625. The fourth-order valence-electron chi connectivity index (χ4n) is 2.53. The van der Waals surface area contributed by atoms with Crippen molar-refractivity contribution in [2.45, 2.75) is 19.3 Å². The van der Waals surface area contributed by atoms with E-state index in [1.807, 2.05) is 12.1 Å². The van der Waals surface area contributed by atoms with Gasteiger partial charge in [0.2, 0.25) is 5.95 Å². The first kappa shape index (κ1) is 13.5. The van der Waals surface area contributed by atoms with Crippen molar-refractivity contribution in [3.63, 3.8) is 0 Å². The number of methoxy groups -OCH3 is 2. The zero-order valence-electron chi connectivity index (χ0n) is 12.0. The van der Waals surface area contributed by atoms with Crippen LogP contribution in [-0.2, 0) is 12.8 Å². The van der Waals surface area contributed by atoms with E-state index in [1.54, 1.807) is 20.3 Å². The van der Waals surface area contributed by atoms with Crippen molar-refractivity contribution in [3.05, 3.63) is 39.8 Å². The van der Waals surface area contributed by atoms with E-state index in [4.69, 9.17) is 9.47 Å². The molecule has 0 saturated heterocycles. The van der Waals surface area contributed by atoms with Crippen molar-refractivity contribution in [1.29, 1.82) is 0 Å². The van der Waals surface area contributed by atoms with Gasteiger partial charge in [0.05, 0.1) is 25.6 Å². The Labute approximate surface area is 122 Å². The molecule has 3 rings (SSSR count). The molecule has 1 aliphatic rings. The highest BCUT2D eigenvalue weighted by Crippen LogP contribution is 2.30. The van der Waals surface area contributed by atoms with E-state index in [1.165, 1.54) is 0 Å². The van der Waals surface area contributed by atoms with Crippen LogP contribution in [0, 0.1) is 0 Å². The maximum Gasteiger partial charge on any atom is 0.255 e. The van der Waals surface area contributed by atoms with Crippen molar-refractivity contribution in [2.24, 2.45) is 0 Å². The molecule has 2 aromatic rings. The molecule has 2 N–H and O–H groups in total. The van der Waals surface area contributed by atoms with Gasteiger partial charge >= 0.3 is 0 Å². The summed E-state index contributed by atoms with van der Waals surface area (Å²) in [5.41, 5.74) is 2.35. The lowest BCUT2D eigenvalue weighted by molar-refractivity contribution is 0.395. The lowest BCUT2D eigenvalue weighted by atomic mass is 10.2. The number of benzene rings is 1. The van der Waals surface area contributed by atoms with Crippen LogP contribution in [0.25, 0.3) is 0 Å². The van der Waals surface area contributed by atoms with E-state index in [2.05, 4.69) is 15.3 Å². The first-order valence-electron chi connectivity index (χ1n) is 6.82. The van der Waals surface area contributed by atoms with Gasteiger partial charge in [-0.1, -0.05) is 0 Å². The number of aryl methyl sites for hydroxylation is 1. The quantitative estimate of drug-likeness (QED) is 0.899. The molecule has 1 aliphatic carbocycles. The lowest BCUT2D eigenvalue weighted by Gasteiger charge is -2.12. The Morgan fingerprint density at radius 2 is 2.10 bits per heavy atom. The Hall–Kier alpha value is -2.50. The summed E-state index contributed by atoms with van der Waals surface area (Å²) in [5.74, 6) is 1.76. The molecule has 0 atom stereocenters. The van der Waals surface area contributed by atoms with Crippen LogP contribution in [0.2, 0.25) is 0 Å². The van der Waals surface area contributed by atoms with Gasteiger partial charge in [0.25, 0.3) is 5.56 Å². The fourth-order valence-corrected chi connectivity index (χ4v) is 2.53. The second kappa shape index (κ2) is 5.47. The molecule has 0 bridgehead atoms. The Morgan fingerprint density at radius 3 is 2.86 bits per heavy atom. The smallest absolute Gasteiger partial charge is 0.255 e. The SMILES string of the molecule is COc1ccc(Nc2nc3c(c(=O)[nH]2)CCC3)c(OC)c1. The van der Waals surface area contributed by atoms with Crippen molar-refractivity contribution in [1.82, 2.24) is 9.97 Å². The highest BCUT2D eigenvalue weighted by Gasteiger charge is 2.17. The normalized spacial score (nSPS) is 12.9. The summed E-state index contributed by atoms with van der Waals surface area (Å²) in [4.78, 5) is 19.2. The largest absolute Gasteiger partial charge is 0.497 e. The maximum absolute atomic E-state index is 12.0. The molecule has 0 amide bonds. The van der Waals surface area contributed by atoms with E-state index in [0.717, 1.165) is 36.2 Å². The zero-order chi connectivity index (χ0) is 14.8. The van der Waals surface area contributed by atoms with E-state index in [9.17, 15) is 4.79 Å². The molecule has 0 unspecified atom stereocenters. The molecule has 6 nitrogen and oxygen atoms in total. The van der Waals surface area contributed by atoms with Gasteiger partial charge in [-0.15, -0.1) is 0 Å². The Balaban J connectivity index is 1.94. The van der Waals surface area contributed by atoms with Crippen molar-refractivity contribution in [2.75, 3.05) is 19.5 Å². The zero-order valence-corrected chi connectivity index (χ0v) is 12.0. The third-order valence-electron chi connectivity index (χ3n) is 3.60. The number of aromatic nitrogens is 2. The van der Waals surface area contributed by atoms with Crippen LogP contribution in [0.3, 0.4) is 0 Å². The number of aromatic amines is 1. The first-order chi connectivity index (χ1) is 10.2. The Morgan fingerprint density at radius 1 is 1.24 bits per heavy atom. The number of fused-ring (bicyclic) bond motifs is 1. The Kier molecular flexibility index (Phi) is 3.51. The topological polar surface area (TPSA) is 76.2 Å². The molecule has 1 aromatic carbocycles. The summed E-state index contributed by atoms with van der Waals surface area (Å²) in [5, 5.41) is 3.10. The number of hydrogen-bond acceptors (Lipinski definition) is 5. The average molecular weight is 287 g/mol. The minimum Gasteiger partial charge on any atom is -0.497 e. The van der Waals surface area contributed by atoms with E-state index >= 15 is 0 Å². The molecule has 0 fully saturated rings. The summed E-state index contributed by atoms with van der Waals surface area (Å²) in [6, 6.07) is 5.41. The van der Waals surface area contributed by atoms with Gasteiger partial charge in [-0.2, -0.15) is 0 Å². The van der Waals surface area contributed by atoms with Crippen LogP contribution in [0.5, 0.6) is 11.5 Å². The molecule has 1 aromatic heterocycles. The number of nitrogens with zero attached hydrogens (tertiary/aromatic N) is 1. The fraction of sp³-hybridized carbons (Fsp3) is 0.333. The van der Waals surface area contributed by atoms with Crippen LogP contribution in [-0.4, -0.2) is 24.2 Å². The van der Waals surface area contributed by atoms with Crippen LogP contribution in [0.4, 0.5) is 11.6 Å². The highest BCUT2D eigenvalue weighted by atomic mass is 16.5. The molecular formula is C15H17N3O3. The molecule has 0 aliphatic heterocycles. The molecule has 0 spiro atoms. The van der Waals surface area contributed by atoms with E-state index in [0.29, 0.717) is 17.4 Å². The second-order valence-corrected chi connectivity index (χ2v) is 4.88. The first-order valence-corrected chi connectivity index (χ1v) is 6.82. The molecule has 6 heteroatoms. The van der Waals surface area contributed by atoms with Gasteiger partial charge < -0.3 is 14.8 Å². The van der Waals surface area contributed by atoms with Crippen LogP contribution >= 0.6 is 0 Å². The van der Waals surface area contributed by atoms with E-state index in [-0.39, 0.29) is 5.56 Å². The molecular weight excluding hydrogens is 270 g/mol. The molecule has 110 valence electrons. The van der Waals surface area contributed by atoms with Crippen molar-refractivity contribution >= 4 is 11.6 Å². The predicted octanol–water partition coefficient (Wildman–Crippen LogP) is 2.02. The highest BCUT2D eigenvalue weighted by molar-refractivity contribution is 5.64. The summed E-state index contributed by atoms with van der Waals surface area (Å²) in [6.07, 6.45) is 2.65. The minimum absolute atomic E-state index is 0.0625. The van der Waals surface area contributed by atoms with Crippen LogP contribution in [0.15, 0.2) is 23.0 Å². The van der Waals surface area contributed by atoms with Gasteiger partial charge in [-0.05, 0) is 31.4 Å². The summed E-state index contributed by atoms with van der Waals surface area (Å²) in [7, 11) is 3.18. The van der Waals surface area contributed by atoms with Crippen LogP contribution in [0.1, 0.15) is 17.7 Å². The van der Waals surface area contributed by atoms with Gasteiger partial charge in [-0.25, -0.2) is 4.98 Å². The third kappa shape index (κ3) is 2.56. The molecule has 1 heterocycles. The van der Waals surface area contributed by atoms with Gasteiger partial charge in [-0.3, -0.25) is 9.78 Å². The number of H-pyrrole nitrogens is 1. The van der Waals surface area contributed by atoms with Gasteiger partial charge in [0.15, 0.2) is 0 Å². The molecule has 21 heavy (non-hydrogen) atoms. The van der Waals surface area contributed by atoms with Gasteiger partial charge in [0, 0.05) is 11.6 Å². The van der Waals surface area contributed by atoms with Crippen LogP contribution < -0.4 is 20.3 Å². The van der Waals surface area contributed by atoms with Crippen molar-refractivity contribution in [3.8, 4) is 11.5 Å². The number of ether oxygens (including phenoxy) is 2. The third-order valence-corrected chi connectivity index (χ3v) is 3.60. The number of hydrogen-bond donors (Lipinski definition) is 2. The number of anilines is 2. The van der Waals surface area contributed by atoms with Gasteiger partial charge in [0.1, 0.15) is 11.5 Å². The lowest BCUT2D eigenvalue weighted by Crippen LogP contribution is -2.16. The Bertz CT molecular complexity index is 725. The summed E-state index contributed by atoms with van der Waals surface area (Å²) in [6.45, 7) is 0.